The van der Waals surface area contributed by atoms with E-state index in [0.717, 1.165) is 0 Å². The Morgan fingerprint density at radius 2 is 2.06 bits per heavy atom. The normalized spacial score (nSPS) is 9.69. The van der Waals surface area contributed by atoms with Crippen LogP contribution >= 0.6 is 0 Å². The van der Waals surface area contributed by atoms with Gasteiger partial charge in [0.15, 0.2) is 0 Å². The minimum atomic E-state index is -0.711. The first kappa shape index (κ1) is 12.0. The third kappa shape index (κ3) is 2.28. The Labute approximate surface area is 92.6 Å². The van der Waals surface area contributed by atoms with Gasteiger partial charge in [0.1, 0.15) is 5.56 Å². The standard InChI is InChI=1S/C10H12N2O4/c1-11(2)7-4-5-8(10(13)16-3)9(6-7)12(14)15/h4-6H,1-3H3. The van der Waals surface area contributed by atoms with Gasteiger partial charge < -0.3 is 9.64 Å². The number of nitro groups is 1. The average molecular weight is 224 g/mol. The average Bonchev–Trinajstić information content (AvgIpc) is 2.26. The summed E-state index contributed by atoms with van der Waals surface area (Å²) in [5, 5.41) is 10.8. The molecule has 16 heavy (non-hydrogen) atoms. The number of hydrogen-bond donors (Lipinski definition) is 0. The number of hydrogen-bond acceptors (Lipinski definition) is 5. The number of anilines is 1. The topological polar surface area (TPSA) is 72.7 Å². The van der Waals surface area contributed by atoms with Crippen molar-refractivity contribution in [3.05, 3.63) is 33.9 Å². The largest absolute Gasteiger partial charge is 0.465 e. The van der Waals surface area contributed by atoms with Gasteiger partial charge in [0.05, 0.1) is 12.0 Å². The Kier molecular flexibility index (Phi) is 3.44. The van der Waals surface area contributed by atoms with Crippen LogP contribution in [0.15, 0.2) is 18.2 Å². The Bertz CT molecular complexity index is 429. The second kappa shape index (κ2) is 4.61. The maximum Gasteiger partial charge on any atom is 0.344 e. The molecule has 0 saturated carbocycles. The molecule has 6 nitrogen and oxygen atoms in total. The van der Waals surface area contributed by atoms with Gasteiger partial charge in [0.2, 0.25) is 0 Å². The Hall–Kier alpha value is -2.11. The summed E-state index contributed by atoms with van der Waals surface area (Å²) >= 11 is 0. The maximum absolute atomic E-state index is 11.3. The van der Waals surface area contributed by atoms with Gasteiger partial charge in [-0.25, -0.2) is 4.79 Å². The van der Waals surface area contributed by atoms with Crippen molar-refractivity contribution in [2.45, 2.75) is 0 Å². The van der Waals surface area contributed by atoms with Crippen LogP contribution < -0.4 is 4.90 Å². The third-order valence-electron chi connectivity index (χ3n) is 2.10. The molecule has 0 aliphatic carbocycles. The van der Waals surface area contributed by atoms with Crippen molar-refractivity contribution in [1.29, 1.82) is 0 Å². The van der Waals surface area contributed by atoms with Crippen LogP contribution in [0.1, 0.15) is 10.4 Å². The second-order valence-corrected chi connectivity index (χ2v) is 3.34. The smallest absolute Gasteiger partial charge is 0.344 e. The van der Waals surface area contributed by atoms with Crippen LogP contribution in [0.25, 0.3) is 0 Å². The third-order valence-corrected chi connectivity index (χ3v) is 2.10. The molecule has 1 rings (SSSR count). The summed E-state index contributed by atoms with van der Waals surface area (Å²) in [7, 11) is 4.71. The van der Waals surface area contributed by atoms with Gasteiger partial charge in [-0.2, -0.15) is 0 Å². The molecule has 0 bridgehead atoms. The molecule has 0 aromatic heterocycles. The lowest BCUT2D eigenvalue weighted by Gasteiger charge is -2.12. The minimum Gasteiger partial charge on any atom is -0.465 e. The van der Waals surface area contributed by atoms with Crippen molar-refractivity contribution in [3.63, 3.8) is 0 Å². The van der Waals surface area contributed by atoms with E-state index in [0.29, 0.717) is 5.69 Å². The number of carbonyl (C=O) groups is 1. The van der Waals surface area contributed by atoms with Crippen molar-refractivity contribution in [1.82, 2.24) is 0 Å². The van der Waals surface area contributed by atoms with E-state index < -0.39 is 10.9 Å². The Morgan fingerprint density at radius 3 is 2.50 bits per heavy atom. The van der Waals surface area contributed by atoms with Crippen LogP contribution in [0.3, 0.4) is 0 Å². The Balaban J connectivity index is 3.30. The highest BCUT2D eigenvalue weighted by Crippen LogP contribution is 2.25. The molecular formula is C10H12N2O4. The molecule has 0 N–H and O–H groups in total. The van der Waals surface area contributed by atoms with E-state index in [2.05, 4.69) is 4.74 Å². The molecule has 1 aromatic rings. The van der Waals surface area contributed by atoms with Crippen molar-refractivity contribution < 1.29 is 14.5 Å². The molecule has 0 spiro atoms. The summed E-state index contributed by atoms with van der Waals surface area (Å²) in [6, 6.07) is 4.35. The maximum atomic E-state index is 11.3. The molecule has 0 radical (unpaired) electrons. The SMILES string of the molecule is COC(=O)c1ccc(N(C)C)cc1[N+](=O)[O-]. The number of ether oxygens (including phenoxy) is 1. The molecule has 0 saturated heterocycles. The zero-order chi connectivity index (χ0) is 12.3. The first-order chi connectivity index (χ1) is 7.47. The summed E-state index contributed by atoms with van der Waals surface area (Å²) < 4.78 is 4.47. The molecule has 0 aliphatic rings. The molecule has 0 aliphatic heterocycles. The monoisotopic (exact) mass is 224 g/mol. The zero-order valence-electron chi connectivity index (χ0n) is 9.26. The molecule has 0 fully saturated rings. The summed E-state index contributed by atoms with van der Waals surface area (Å²) in [4.78, 5) is 23.2. The summed E-state index contributed by atoms with van der Waals surface area (Å²) in [6.45, 7) is 0. The van der Waals surface area contributed by atoms with E-state index >= 15 is 0 Å². The van der Waals surface area contributed by atoms with Crippen LogP contribution in [0.2, 0.25) is 0 Å². The van der Waals surface area contributed by atoms with E-state index in [-0.39, 0.29) is 11.3 Å². The van der Waals surface area contributed by atoms with Crippen LogP contribution in [0.5, 0.6) is 0 Å². The molecular weight excluding hydrogens is 212 g/mol. The van der Waals surface area contributed by atoms with Gasteiger partial charge in [0.25, 0.3) is 5.69 Å². The quantitative estimate of drug-likeness (QED) is 0.441. The van der Waals surface area contributed by atoms with Crippen LogP contribution in [-0.4, -0.2) is 32.1 Å². The molecule has 0 atom stereocenters. The predicted molar refractivity (Wildman–Crippen MR) is 58.8 cm³/mol. The molecule has 86 valence electrons. The summed E-state index contributed by atoms with van der Waals surface area (Å²) in [5.41, 5.74) is 0.357. The lowest BCUT2D eigenvalue weighted by Crippen LogP contribution is -2.11. The molecule has 1 aromatic carbocycles. The lowest BCUT2D eigenvalue weighted by molar-refractivity contribution is -0.385. The number of nitrogens with zero attached hydrogens (tertiary/aromatic N) is 2. The van der Waals surface area contributed by atoms with E-state index in [4.69, 9.17) is 0 Å². The van der Waals surface area contributed by atoms with Crippen molar-refractivity contribution in [3.8, 4) is 0 Å². The molecule has 0 unspecified atom stereocenters. The highest BCUT2D eigenvalue weighted by atomic mass is 16.6. The fourth-order valence-corrected chi connectivity index (χ4v) is 1.23. The first-order valence-electron chi connectivity index (χ1n) is 4.51. The van der Waals surface area contributed by atoms with Gasteiger partial charge in [-0.05, 0) is 12.1 Å². The number of rotatable bonds is 3. The van der Waals surface area contributed by atoms with Gasteiger partial charge in [-0.15, -0.1) is 0 Å². The fourth-order valence-electron chi connectivity index (χ4n) is 1.23. The number of esters is 1. The van der Waals surface area contributed by atoms with E-state index in [9.17, 15) is 14.9 Å². The van der Waals surface area contributed by atoms with Crippen molar-refractivity contribution >= 4 is 17.3 Å². The number of methoxy groups -OCH3 is 1. The summed E-state index contributed by atoms with van der Waals surface area (Å²) in [6.07, 6.45) is 0. The van der Waals surface area contributed by atoms with Gasteiger partial charge >= 0.3 is 5.97 Å². The highest BCUT2D eigenvalue weighted by Gasteiger charge is 2.21. The van der Waals surface area contributed by atoms with Crippen LogP contribution in [0.4, 0.5) is 11.4 Å². The van der Waals surface area contributed by atoms with Gasteiger partial charge in [0, 0.05) is 25.8 Å². The zero-order valence-corrected chi connectivity index (χ0v) is 9.26. The van der Waals surface area contributed by atoms with Gasteiger partial charge in [-0.1, -0.05) is 0 Å². The van der Waals surface area contributed by atoms with E-state index in [1.54, 1.807) is 25.1 Å². The fraction of sp³-hybridized carbons (Fsp3) is 0.300. The summed E-state index contributed by atoms with van der Waals surface area (Å²) in [5.74, 6) is -0.711. The van der Waals surface area contributed by atoms with Crippen LogP contribution in [-0.2, 0) is 4.74 Å². The molecule has 0 amide bonds. The number of benzene rings is 1. The van der Waals surface area contributed by atoms with Crippen molar-refractivity contribution in [2.75, 3.05) is 26.1 Å². The van der Waals surface area contributed by atoms with E-state index in [1.807, 2.05) is 0 Å². The van der Waals surface area contributed by atoms with Gasteiger partial charge in [-0.3, -0.25) is 10.1 Å². The Morgan fingerprint density at radius 1 is 1.44 bits per heavy atom. The van der Waals surface area contributed by atoms with E-state index in [1.165, 1.54) is 19.2 Å². The predicted octanol–water partition coefficient (Wildman–Crippen LogP) is 1.45. The number of nitro benzene ring substituents is 1. The molecule has 0 heterocycles. The first-order valence-corrected chi connectivity index (χ1v) is 4.51. The minimum absolute atomic E-state index is 0.0434. The van der Waals surface area contributed by atoms with Crippen LogP contribution in [0, 0.1) is 10.1 Å². The second-order valence-electron chi connectivity index (χ2n) is 3.34. The lowest BCUT2D eigenvalue weighted by atomic mass is 10.1. The number of carbonyl (C=O) groups excluding carboxylic acids is 1. The van der Waals surface area contributed by atoms with Crippen molar-refractivity contribution in [2.24, 2.45) is 0 Å². The highest BCUT2D eigenvalue weighted by molar-refractivity contribution is 5.94. The molecule has 6 heteroatoms.